The molecule has 0 aliphatic heterocycles. The Morgan fingerprint density at radius 1 is 1.32 bits per heavy atom. The number of nitrogens with two attached hydrogens (primary N) is 1. The van der Waals surface area contributed by atoms with Gasteiger partial charge in [0.15, 0.2) is 0 Å². The van der Waals surface area contributed by atoms with Crippen molar-refractivity contribution < 1.29 is 9.53 Å². The number of hydrogen-bond acceptors (Lipinski definition) is 2. The van der Waals surface area contributed by atoms with Crippen LogP contribution in [0, 0.1) is 0 Å². The molecule has 0 fully saturated rings. The fourth-order valence-electron chi connectivity index (χ4n) is 2.15. The number of ether oxygens (including phenoxy) is 1. The fraction of sp³-hybridized carbons (Fsp3) is 0.267. The molecule has 0 heterocycles. The van der Waals surface area contributed by atoms with Gasteiger partial charge in [-0.3, -0.25) is 0 Å². The van der Waals surface area contributed by atoms with Crippen LogP contribution >= 0.6 is 0 Å². The first-order valence-electron chi connectivity index (χ1n) is 6.29. The van der Waals surface area contributed by atoms with Crippen LogP contribution in [0.2, 0.25) is 0 Å². The van der Waals surface area contributed by atoms with Gasteiger partial charge in [-0.15, -0.1) is 0 Å². The van der Waals surface area contributed by atoms with E-state index in [1.165, 1.54) is 16.3 Å². The Hall–Kier alpha value is -2.23. The van der Waals surface area contributed by atoms with Crippen LogP contribution in [0.1, 0.15) is 12.0 Å². The summed E-state index contributed by atoms with van der Waals surface area (Å²) in [6, 6.07) is 11.8. The fourth-order valence-corrected chi connectivity index (χ4v) is 2.15. The van der Waals surface area contributed by atoms with Gasteiger partial charge in [0.05, 0.1) is 7.11 Å². The van der Waals surface area contributed by atoms with E-state index in [0.29, 0.717) is 6.54 Å². The predicted octanol–water partition coefficient (Wildman–Crippen LogP) is 2.45. The van der Waals surface area contributed by atoms with Crippen molar-refractivity contribution in [2.24, 2.45) is 5.73 Å². The summed E-state index contributed by atoms with van der Waals surface area (Å²) in [7, 11) is 1.67. The number of urea groups is 1. The second-order valence-electron chi connectivity index (χ2n) is 4.40. The van der Waals surface area contributed by atoms with Crippen molar-refractivity contribution in [3.05, 3.63) is 42.0 Å². The summed E-state index contributed by atoms with van der Waals surface area (Å²) in [6.07, 6.45) is 1.75. The summed E-state index contributed by atoms with van der Waals surface area (Å²) < 4.78 is 5.26. The molecule has 0 radical (unpaired) electrons. The molecule has 2 aromatic carbocycles. The molecular weight excluding hydrogens is 240 g/mol. The molecule has 2 aromatic rings. The van der Waals surface area contributed by atoms with E-state index in [2.05, 4.69) is 23.5 Å². The van der Waals surface area contributed by atoms with Crippen LogP contribution in [0.15, 0.2) is 36.4 Å². The van der Waals surface area contributed by atoms with E-state index in [1.807, 2.05) is 18.2 Å². The molecule has 3 N–H and O–H groups in total. The monoisotopic (exact) mass is 258 g/mol. The molecule has 4 heteroatoms. The minimum absolute atomic E-state index is 0.473. The van der Waals surface area contributed by atoms with Crippen LogP contribution < -0.4 is 15.8 Å². The molecule has 0 aliphatic rings. The van der Waals surface area contributed by atoms with Gasteiger partial charge < -0.3 is 15.8 Å². The molecule has 19 heavy (non-hydrogen) atoms. The van der Waals surface area contributed by atoms with E-state index in [1.54, 1.807) is 7.11 Å². The number of benzene rings is 2. The molecule has 0 aromatic heterocycles. The Morgan fingerprint density at radius 2 is 2.16 bits per heavy atom. The number of carbonyl (C=O) groups is 1. The van der Waals surface area contributed by atoms with Crippen molar-refractivity contribution in [3.63, 3.8) is 0 Å². The van der Waals surface area contributed by atoms with Crippen molar-refractivity contribution >= 4 is 16.8 Å². The van der Waals surface area contributed by atoms with E-state index >= 15 is 0 Å². The van der Waals surface area contributed by atoms with Gasteiger partial charge in [0.2, 0.25) is 0 Å². The van der Waals surface area contributed by atoms with Crippen molar-refractivity contribution in [3.8, 4) is 5.75 Å². The van der Waals surface area contributed by atoms with Crippen LogP contribution in [0.25, 0.3) is 10.8 Å². The van der Waals surface area contributed by atoms with Crippen molar-refractivity contribution in [1.82, 2.24) is 5.32 Å². The van der Waals surface area contributed by atoms with Crippen LogP contribution in [-0.2, 0) is 6.42 Å². The smallest absolute Gasteiger partial charge is 0.312 e. The van der Waals surface area contributed by atoms with E-state index in [4.69, 9.17) is 10.5 Å². The number of rotatable bonds is 5. The van der Waals surface area contributed by atoms with E-state index in [-0.39, 0.29) is 0 Å². The average molecular weight is 258 g/mol. The third-order valence-corrected chi connectivity index (χ3v) is 3.10. The zero-order chi connectivity index (χ0) is 13.7. The number of fused-ring (bicyclic) bond motifs is 1. The lowest BCUT2D eigenvalue weighted by atomic mass is 10.0. The second-order valence-corrected chi connectivity index (χ2v) is 4.40. The Balaban J connectivity index is 2.15. The minimum Gasteiger partial charge on any atom is -0.497 e. The van der Waals surface area contributed by atoms with Gasteiger partial charge in [0.25, 0.3) is 0 Å². The summed E-state index contributed by atoms with van der Waals surface area (Å²) in [6.45, 7) is 0.593. The molecule has 100 valence electrons. The summed E-state index contributed by atoms with van der Waals surface area (Å²) in [5, 5.41) is 4.99. The minimum atomic E-state index is -0.473. The summed E-state index contributed by atoms with van der Waals surface area (Å²) in [5.41, 5.74) is 6.29. The summed E-state index contributed by atoms with van der Waals surface area (Å²) >= 11 is 0. The Morgan fingerprint density at radius 3 is 2.89 bits per heavy atom. The predicted molar refractivity (Wildman–Crippen MR) is 76.4 cm³/mol. The SMILES string of the molecule is COc1ccc2cccc(CCCNC(N)=O)c2c1. The molecule has 0 spiro atoms. The number of amides is 2. The lowest BCUT2D eigenvalue weighted by Crippen LogP contribution is -2.30. The first-order valence-corrected chi connectivity index (χ1v) is 6.29. The largest absolute Gasteiger partial charge is 0.497 e. The molecule has 0 atom stereocenters. The molecule has 0 unspecified atom stereocenters. The van der Waals surface area contributed by atoms with Crippen LogP contribution in [0.5, 0.6) is 5.75 Å². The van der Waals surface area contributed by atoms with Gasteiger partial charge >= 0.3 is 6.03 Å². The van der Waals surface area contributed by atoms with Gasteiger partial charge in [-0.2, -0.15) is 0 Å². The van der Waals surface area contributed by atoms with E-state index in [9.17, 15) is 4.79 Å². The highest BCUT2D eigenvalue weighted by atomic mass is 16.5. The summed E-state index contributed by atoms with van der Waals surface area (Å²) in [4.78, 5) is 10.6. The number of carbonyl (C=O) groups excluding carboxylic acids is 1. The molecule has 2 rings (SSSR count). The Kier molecular flexibility index (Phi) is 4.23. The van der Waals surface area contributed by atoms with Crippen LogP contribution in [-0.4, -0.2) is 19.7 Å². The second kappa shape index (κ2) is 6.09. The highest BCUT2D eigenvalue weighted by molar-refractivity contribution is 5.87. The maximum Gasteiger partial charge on any atom is 0.312 e. The molecule has 2 amide bonds. The normalized spacial score (nSPS) is 10.4. The van der Waals surface area contributed by atoms with Crippen molar-refractivity contribution in [2.45, 2.75) is 12.8 Å². The van der Waals surface area contributed by atoms with E-state index in [0.717, 1.165) is 18.6 Å². The standard InChI is InChI=1S/C15H18N2O2/c1-19-13-8-7-12-5-2-4-11(14(12)10-13)6-3-9-17-15(16)18/h2,4-5,7-8,10H,3,6,9H2,1H3,(H3,16,17,18). The molecular formula is C15H18N2O2. The zero-order valence-electron chi connectivity index (χ0n) is 11.0. The third kappa shape index (κ3) is 3.37. The average Bonchev–Trinajstić information content (AvgIpc) is 2.43. The first kappa shape index (κ1) is 13.2. The van der Waals surface area contributed by atoms with Crippen molar-refractivity contribution in [2.75, 3.05) is 13.7 Å². The topological polar surface area (TPSA) is 64.3 Å². The number of aryl methyl sites for hydroxylation is 1. The van der Waals surface area contributed by atoms with Crippen LogP contribution in [0.3, 0.4) is 0 Å². The molecule has 0 saturated carbocycles. The van der Waals surface area contributed by atoms with Crippen LogP contribution in [0.4, 0.5) is 4.79 Å². The maximum atomic E-state index is 10.6. The summed E-state index contributed by atoms with van der Waals surface area (Å²) in [5.74, 6) is 0.857. The van der Waals surface area contributed by atoms with Gasteiger partial charge in [-0.25, -0.2) is 4.79 Å². The molecule has 0 bridgehead atoms. The number of primary amides is 1. The number of hydrogen-bond donors (Lipinski definition) is 2. The maximum absolute atomic E-state index is 10.6. The van der Waals surface area contributed by atoms with Gasteiger partial charge in [0, 0.05) is 6.54 Å². The lowest BCUT2D eigenvalue weighted by Gasteiger charge is -2.08. The van der Waals surface area contributed by atoms with Crippen molar-refractivity contribution in [1.29, 1.82) is 0 Å². The first-order chi connectivity index (χ1) is 9.20. The third-order valence-electron chi connectivity index (χ3n) is 3.10. The molecule has 0 saturated heterocycles. The quantitative estimate of drug-likeness (QED) is 0.809. The highest BCUT2D eigenvalue weighted by Crippen LogP contribution is 2.24. The lowest BCUT2D eigenvalue weighted by molar-refractivity contribution is 0.249. The van der Waals surface area contributed by atoms with E-state index < -0.39 is 6.03 Å². The molecule has 0 aliphatic carbocycles. The van der Waals surface area contributed by atoms with Gasteiger partial charge in [-0.1, -0.05) is 24.3 Å². The zero-order valence-corrected chi connectivity index (χ0v) is 11.0. The Labute approximate surface area is 112 Å². The van der Waals surface area contributed by atoms with Gasteiger partial charge in [0.1, 0.15) is 5.75 Å². The number of nitrogens with one attached hydrogen (secondary N) is 1. The number of methoxy groups -OCH3 is 1. The molecule has 4 nitrogen and oxygen atoms in total. The highest BCUT2D eigenvalue weighted by Gasteiger charge is 2.03. The van der Waals surface area contributed by atoms with Gasteiger partial charge in [-0.05, 0) is 41.3 Å². The Bertz CT molecular complexity index is 581.